The van der Waals surface area contributed by atoms with Crippen molar-refractivity contribution in [3.05, 3.63) is 84.3 Å². The van der Waals surface area contributed by atoms with Crippen LogP contribution < -0.4 is 5.32 Å². The summed E-state index contributed by atoms with van der Waals surface area (Å²) in [7, 11) is 0. The Morgan fingerprint density at radius 1 is 1.05 bits per heavy atom. The van der Waals surface area contributed by atoms with Crippen molar-refractivity contribution in [3.63, 3.8) is 0 Å². The lowest BCUT2D eigenvalue weighted by Gasteiger charge is -2.16. The van der Waals surface area contributed by atoms with Crippen LogP contribution in [0.15, 0.2) is 71.7 Å². The van der Waals surface area contributed by atoms with Crippen LogP contribution in [0.4, 0.5) is 0 Å². The number of hydrogen-bond donors (Lipinski definition) is 1. The molecular formula is C16H15N3O. The zero-order valence-corrected chi connectivity index (χ0v) is 10.9. The Labute approximate surface area is 117 Å². The van der Waals surface area contributed by atoms with Crippen molar-refractivity contribution in [2.75, 3.05) is 0 Å². The average molecular weight is 265 g/mol. The SMILES string of the molecule is c1ccc(C(NCc2ccncn2)c2ccco2)cc1. The number of benzene rings is 1. The molecule has 0 aliphatic heterocycles. The summed E-state index contributed by atoms with van der Waals surface area (Å²) in [4.78, 5) is 8.14. The summed E-state index contributed by atoms with van der Waals surface area (Å²) in [5, 5.41) is 3.47. The highest BCUT2D eigenvalue weighted by Crippen LogP contribution is 2.22. The van der Waals surface area contributed by atoms with E-state index in [1.54, 1.807) is 18.8 Å². The number of rotatable bonds is 5. The molecule has 0 spiro atoms. The van der Waals surface area contributed by atoms with E-state index >= 15 is 0 Å². The highest BCUT2D eigenvalue weighted by Gasteiger charge is 2.16. The minimum absolute atomic E-state index is 0.0150. The van der Waals surface area contributed by atoms with Gasteiger partial charge in [0, 0.05) is 12.7 Å². The van der Waals surface area contributed by atoms with Crippen LogP contribution in [0.25, 0.3) is 0 Å². The molecule has 4 heteroatoms. The molecule has 4 nitrogen and oxygen atoms in total. The zero-order valence-electron chi connectivity index (χ0n) is 10.9. The third-order valence-corrected chi connectivity index (χ3v) is 3.09. The quantitative estimate of drug-likeness (QED) is 0.770. The van der Waals surface area contributed by atoms with E-state index in [9.17, 15) is 0 Å². The van der Waals surface area contributed by atoms with Gasteiger partial charge in [-0.2, -0.15) is 0 Å². The molecule has 0 aliphatic rings. The Morgan fingerprint density at radius 2 is 1.95 bits per heavy atom. The van der Waals surface area contributed by atoms with Crippen LogP contribution in [0.2, 0.25) is 0 Å². The summed E-state index contributed by atoms with van der Waals surface area (Å²) >= 11 is 0. The van der Waals surface area contributed by atoms with Crippen molar-refractivity contribution >= 4 is 0 Å². The van der Waals surface area contributed by atoms with Gasteiger partial charge in [-0.05, 0) is 23.8 Å². The van der Waals surface area contributed by atoms with Crippen LogP contribution in [0.1, 0.15) is 23.1 Å². The van der Waals surface area contributed by atoms with Crippen molar-refractivity contribution in [2.45, 2.75) is 12.6 Å². The lowest BCUT2D eigenvalue weighted by Crippen LogP contribution is -2.22. The lowest BCUT2D eigenvalue weighted by molar-refractivity contribution is 0.444. The second-order valence-electron chi connectivity index (χ2n) is 4.44. The highest BCUT2D eigenvalue weighted by molar-refractivity contribution is 5.26. The van der Waals surface area contributed by atoms with E-state index in [2.05, 4.69) is 27.4 Å². The van der Waals surface area contributed by atoms with Crippen molar-refractivity contribution in [2.24, 2.45) is 0 Å². The van der Waals surface area contributed by atoms with E-state index in [0.29, 0.717) is 6.54 Å². The Kier molecular flexibility index (Phi) is 3.85. The number of furan rings is 1. The van der Waals surface area contributed by atoms with Gasteiger partial charge in [0.05, 0.1) is 18.0 Å². The molecule has 2 heterocycles. The minimum atomic E-state index is 0.0150. The second-order valence-corrected chi connectivity index (χ2v) is 4.44. The molecule has 100 valence electrons. The first-order chi connectivity index (χ1) is 9.93. The first-order valence-electron chi connectivity index (χ1n) is 6.50. The predicted molar refractivity (Wildman–Crippen MR) is 75.9 cm³/mol. The fourth-order valence-corrected chi connectivity index (χ4v) is 2.11. The molecule has 20 heavy (non-hydrogen) atoms. The molecule has 3 aromatic rings. The highest BCUT2D eigenvalue weighted by atomic mass is 16.3. The lowest BCUT2D eigenvalue weighted by atomic mass is 10.0. The van der Waals surface area contributed by atoms with Crippen LogP contribution >= 0.6 is 0 Å². The van der Waals surface area contributed by atoms with Gasteiger partial charge >= 0.3 is 0 Å². The molecule has 1 N–H and O–H groups in total. The smallest absolute Gasteiger partial charge is 0.125 e. The molecule has 0 amide bonds. The van der Waals surface area contributed by atoms with E-state index in [4.69, 9.17) is 4.42 Å². The van der Waals surface area contributed by atoms with E-state index in [1.807, 2.05) is 36.4 Å². The fourth-order valence-electron chi connectivity index (χ4n) is 2.11. The van der Waals surface area contributed by atoms with Gasteiger partial charge in [-0.3, -0.25) is 5.32 Å². The minimum Gasteiger partial charge on any atom is -0.467 e. The van der Waals surface area contributed by atoms with E-state index in [-0.39, 0.29) is 6.04 Å². The zero-order chi connectivity index (χ0) is 13.6. The number of nitrogens with zero attached hydrogens (tertiary/aromatic N) is 2. The van der Waals surface area contributed by atoms with Gasteiger partial charge in [-0.15, -0.1) is 0 Å². The Balaban J connectivity index is 1.80. The van der Waals surface area contributed by atoms with Gasteiger partial charge in [-0.25, -0.2) is 9.97 Å². The second kappa shape index (κ2) is 6.12. The summed E-state index contributed by atoms with van der Waals surface area (Å²) in [5.74, 6) is 0.894. The molecule has 0 aliphatic carbocycles. The maximum atomic E-state index is 5.54. The third kappa shape index (κ3) is 2.92. The molecule has 0 bridgehead atoms. The van der Waals surface area contributed by atoms with E-state index < -0.39 is 0 Å². The van der Waals surface area contributed by atoms with Crippen LogP contribution in [-0.2, 0) is 6.54 Å². The van der Waals surface area contributed by atoms with Crippen LogP contribution in [0.5, 0.6) is 0 Å². The number of hydrogen-bond acceptors (Lipinski definition) is 4. The van der Waals surface area contributed by atoms with Gasteiger partial charge in [0.1, 0.15) is 12.1 Å². The molecule has 2 aromatic heterocycles. The topological polar surface area (TPSA) is 51.0 Å². The summed E-state index contributed by atoms with van der Waals surface area (Å²) in [6.07, 6.45) is 4.99. The fraction of sp³-hybridized carbons (Fsp3) is 0.125. The summed E-state index contributed by atoms with van der Waals surface area (Å²) in [6.45, 7) is 0.656. The van der Waals surface area contributed by atoms with Crippen LogP contribution in [0.3, 0.4) is 0 Å². The maximum Gasteiger partial charge on any atom is 0.125 e. The molecule has 1 aromatic carbocycles. The van der Waals surface area contributed by atoms with Gasteiger partial charge in [-0.1, -0.05) is 30.3 Å². The van der Waals surface area contributed by atoms with Gasteiger partial charge < -0.3 is 4.42 Å². The molecule has 1 unspecified atom stereocenters. The first kappa shape index (κ1) is 12.6. The third-order valence-electron chi connectivity index (χ3n) is 3.09. The van der Waals surface area contributed by atoms with Crippen LogP contribution in [0, 0.1) is 0 Å². The molecule has 3 rings (SSSR count). The molecule has 1 atom stereocenters. The van der Waals surface area contributed by atoms with Crippen molar-refractivity contribution in [1.82, 2.24) is 15.3 Å². The Hall–Kier alpha value is -2.46. The van der Waals surface area contributed by atoms with Crippen molar-refractivity contribution in [1.29, 1.82) is 0 Å². The Bertz CT molecular complexity index is 623. The van der Waals surface area contributed by atoms with Gasteiger partial charge in [0.25, 0.3) is 0 Å². The molecule has 0 radical (unpaired) electrons. The summed E-state index contributed by atoms with van der Waals surface area (Å²) in [5.41, 5.74) is 2.11. The predicted octanol–water partition coefficient (Wildman–Crippen LogP) is 2.95. The van der Waals surface area contributed by atoms with Gasteiger partial charge in [0.15, 0.2) is 0 Å². The molecule has 0 saturated carbocycles. The first-order valence-corrected chi connectivity index (χ1v) is 6.50. The largest absolute Gasteiger partial charge is 0.467 e. The monoisotopic (exact) mass is 265 g/mol. The standard InChI is InChI=1S/C16H15N3O/c1-2-5-13(6-3-1)16(15-7-4-10-20-15)18-11-14-8-9-17-12-19-14/h1-10,12,16,18H,11H2. The molecule has 0 saturated heterocycles. The number of aromatic nitrogens is 2. The summed E-state index contributed by atoms with van der Waals surface area (Å²) in [6, 6.07) is 16.0. The molecular weight excluding hydrogens is 250 g/mol. The van der Waals surface area contributed by atoms with E-state index in [0.717, 1.165) is 17.0 Å². The normalized spacial score (nSPS) is 12.2. The maximum absolute atomic E-state index is 5.54. The van der Waals surface area contributed by atoms with E-state index in [1.165, 1.54) is 0 Å². The van der Waals surface area contributed by atoms with Crippen LogP contribution in [-0.4, -0.2) is 9.97 Å². The van der Waals surface area contributed by atoms with Gasteiger partial charge in [0.2, 0.25) is 0 Å². The summed E-state index contributed by atoms with van der Waals surface area (Å²) < 4.78 is 5.54. The Morgan fingerprint density at radius 3 is 2.65 bits per heavy atom. The van der Waals surface area contributed by atoms with Crippen molar-refractivity contribution in [3.8, 4) is 0 Å². The van der Waals surface area contributed by atoms with Crippen molar-refractivity contribution < 1.29 is 4.42 Å². The number of nitrogens with one attached hydrogen (secondary N) is 1. The average Bonchev–Trinajstić information content (AvgIpc) is 3.04. The molecule has 0 fully saturated rings.